The Morgan fingerprint density at radius 1 is 0.714 bits per heavy atom. The number of allylic oxidation sites excluding steroid dienone is 3. The second-order valence-corrected chi connectivity index (χ2v) is 7.55. The third-order valence-electron chi connectivity index (χ3n) is 6.12. The molecule has 8 heteroatoms. The van der Waals surface area contributed by atoms with Crippen LogP contribution >= 0.6 is 0 Å². The summed E-state index contributed by atoms with van der Waals surface area (Å²) < 4.78 is 8.69. The van der Waals surface area contributed by atoms with Crippen molar-refractivity contribution in [3.63, 3.8) is 0 Å². The van der Waals surface area contributed by atoms with Crippen LogP contribution in [0.1, 0.15) is 23.0 Å². The van der Waals surface area contributed by atoms with E-state index in [9.17, 15) is 19.2 Å². The predicted molar refractivity (Wildman–Crippen MR) is 93.9 cm³/mol. The Kier molecular flexibility index (Phi) is 3.31. The predicted octanol–water partition coefficient (Wildman–Crippen LogP) is 0.494. The highest BCUT2D eigenvalue weighted by atomic mass is 16.6. The number of benzene rings is 1. The van der Waals surface area contributed by atoms with E-state index < -0.39 is 47.5 Å². The second kappa shape index (κ2) is 5.54. The van der Waals surface area contributed by atoms with Crippen LogP contribution in [-0.2, 0) is 28.7 Å². The van der Waals surface area contributed by atoms with Crippen molar-refractivity contribution in [1.82, 2.24) is 0 Å². The van der Waals surface area contributed by atoms with Crippen LogP contribution in [0.3, 0.4) is 0 Å². The van der Waals surface area contributed by atoms with Gasteiger partial charge >= 0.3 is 23.9 Å². The van der Waals surface area contributed by atoms with Crippen molar-refractivity contribution >= 4 is 29.6 Å². The molecule has 3 fully saturated rings. The molecule has 0 aromatic heterocycles. The normalized spacial score (nSPS) is 35.6. The Bertz CT molecular complexity index is 944. The number of rotatable bonds is 0. The largest absolute Gasteiger partial charge is 0.399 e. The maximum atomic E-state index is 11.1. The monoisotopic (exact) mass is 380 g/mol. The van der Waals surface area contributed by atoms with Gasteiger partial charge in [0.25, 0.3) is 0 Å². The van der Waals surface area contributed by atoms with Gasteiger partial charge in [-0.25, -0.2) is 0 Å². The van der Waals surface area contributed by atoms with Gasteiger partial charge in [-0.3, -0.25) is 19.2 Å². The Labute approximate surface area is 159 Å². The van der Waals surface area contributed by atoms with Gasteiger partial charge in [0, 0.05) is 23.2 Å². The van der Waals surface area contributed by atoms with Crippen LogP contribution in [0.15, 0.2) is 42.1 Å². The molecule has 3 aliphatic carbocycles. The van der Waals surface area contributed by atoms with Crippen molar-refractivity contribution in [3.05, 3.63) is 53.3 Å². The molecule has 5 aliphatic rings. The van der Waals surface area contributed by atoms with E-state index in [1.165, 1.54) is 11.1 Å². The number of cyclic esters (lactones) is 4. The summed E-state index contributed by atoms with van der Waals surface area (Å²) in [4.78, 5) is 44.3. The van der Waals surface area contributed by atoms with Crippen LogP contribution < -0.4 is 11.5 Å². The molecule has 142 valence electrons. The van der Waals surface area contributed by atoms with Gasteiger partial charge in [-0.05, 0) is 29.3 Å². The molecule has 1 aromatic rings. The van der Waals surface area contributed by atoms with Crippen LogP contribution in [0.2, 0.25) is 0 Å². The molecule has 8 nitrogen and oxygen atoms in total. The summed E-state index contributed by atoms with van der Waals surface area (Å²) in [6, 6.07) is 6.13. The number of carbonyl (C=O) groups is 4. The van der Waals surface area contributed by atoms with Gasteiger partial charge in [0.1, 0.15) is 0 Å². The van der Waals surface area contributed by atoms with E-state index in [-0.39, 0.29) is 0 Å². The van der Waals surface area contributed by atoms with Crippen molar-refractivity contribution in [2.24, 2.45) is 29.4 Å². The number of fused-ring (bicyclic) bond motifs is 8. The molecular formula is C20H16N2O6. The highest BCUT2D eigenvalue weighted by molar-refractivity contribution is 6.10. The summed E-state index contributed by atoms with van der Waals surface area (Å²) in [5, 5.41) is 0. The van der Waals surface area contributed by atoms with E-state index in [0.717, 1.165) is 11.4 Å². The summed E-state index contributed by atoms with van der Waals surface area (Å²) in [5.41, 5.74) is 15.9. The first-order valence-corrected chi connectivity index (χ1v) is 8.92. The standard InChI is InChI=1S/C12H12N2.C8H4O6/c13-7-1-3-9-10-4-2-8(14)6-12(10)11(9)5-7;9-5-1-2(6(10)13-5)4-3(1)7(11)14-8(4)12/h1-6,9,11H,13-14H2;1-4H. The fraction of sp³-hybridized carbons (Fsp3) is 0.300. The van der Waals surface area contributed by atoms with Crippen LogP contribution in [0.4, 0.5) is 5.69 Å². The van der Waals surface area contributed by atoms with E-state index in [4.69, 9.17) is 11.5 Å². The van der Waals surface area contributed by atoms with E-state index in [1.807, 2.05) is 12.1 Å². The Morgan fingerprint density at radius 3 is 1.79 bits per heavy atom. The summed E-state index contributed by atoms with van der Waals surface area (Å²) in [6.07, 6.45) is 6.28. The average Bonchev–Trinajstić information content (AvgIpc) is 2.97. The van der Waals surface area contributed by atoms with Crippen LogP contribution in [0.5, 0.6) is 0 Å². The number of hydrogen-bond donors (Lipinski definition) is 2. The molecule has 0 radical (unpaired) electrons. The van der Waals surface area contributed by atoms with Crippen molar-refractivity contribution in [3.8, 4) is 0 Å². The van der Waals surface area contributed by atoms with Gasteiger partial charge in [-0.2, -0.15) is 0 Å². The summed E-state index contributed by atoms with van der Waals surface area (Å²) in [7, 11) is 0. The Hall–Kier alpha value is -3.42. The molecule has 0 bridgehead atoms. The summed E-state index contributed by atoms with van der Waals surface area (Å²) in [6.45, 7) is 0. The lowest BCUT2D eigenvalue weighted by Gasteiger charge is -2.38. The van der Waals surface area contributed by atoms with Gasteiger partial charge in [0.05, 0.1) is 23.7 Å². The molecular weight excluding hydrogens is 364 g/mol. The minimum Gasteiger partial charge on any atom is -0.399 e. The zero-order valence-electron chi connectivity index (χ0n) is 14.5. The minimum atomic E-state index is -0.786. The Morgan fingerprint density at radius 2 is 1.25 bits per heavy atom. The van der Waals surface area contributed by atoms with E-state index in [2.05, 4.69) is 33.8 Å². The molecule has 2 aliphatic heterocycles. The first kappa shape index (κ1) is 16.7. The van der Waals surface area contributed by atoms with E-state index in [1.54, 1.807) is 0 Å². The van der Waals surface area contributed by atoms with Crippen LogP contribution in [0.25, 0.3) is 0 Å². The first-order valence-electron chi connectivity index (χ1n) is 8.92. The third kappa shape index (κ3) is 2.11. The van der Waals surface area contributed by atoms with Crippen LogP contribution in [0, 0.1) is 23.7 Å². The molecule has 1 aromatic carbocycles. The molecule has 2 atom stereocenters. The molecule has 0 amide bonds. The summed E-state index contributed by atoms with van der Waals surface area (Å²) >= 11 is 0. The smallest absolute Gasteiger partial charge is 0.318 e. The number of esters is 4. The lowest BCUT2D eigenvalue weighted by atomic mass is 9.59. The molecule has 6 rings (SSSR count). The van der Waals surface area contributed by atoms with Crippen molar-refractivity contribution < 1.29 is 28.7 Å². The van der Waals surface area contributed by atoms with Gasteiger partial charge in [0.2, 0.25) is 0 Å². The first-order chi connectivity index (χ1) is 13.4. The van der Waals surface area contributed by atoms with Gasteiger partial charge in [0.15, 0.2) is 0 Å². The van der Waals surface area contributed by atoms with Crippen LogP contribution in [-0.4, -0.2) is 23.9 Å². The Balaban J connectivity index is 0.000000122. The SMILES string of the molecule is NC1=CC2c3cc(N)ccc3C2C=C1.O=C1OC(=O)C2C1C1C(=O)OC(=O)C21. The maximum Gasteiger partial charge on any atom is 0.318 e. The van der Waals surface area contributed by atoms with E-state index >= 15 is 0 Å². The number of carbonyl (C=O) groups excluding carboxylic acids is 4. The zero-order chi connectivity index (χ0) is 19.7. The lowest BCUT2D eigenvalue weighted by molar-refractivity contribution is -0.158. The minimum absolute atomic E-state index is 0.457. The van der Waals surface area contributed by atoms with Gasteiger partial charge < -0.3 is 20.9 Å². The number of hydrogen-bond acceptors (Lipinski definition) is 8. The average molecular weight is 380 g/mol. The molecule has 4 N–H and O–H groups in total. The highest BCUT2D eigenvalue weighted by Gasteiger charge is 2.72. The molecule has 28 heavy (non-hydrogen) atoms. The quantitative estimate of drug-likeness (QED) is 0.377. The fourth-order valence-electron chi connectivity index (χ4n) is 4.76. The molecule has 2 unspecified atom stereocenters. The van der Waals surface area contributed by atoms with Crippen molar-refractivity contribution in [1.29, 1.82) is 0 Å². The number of nitrogen functional groups attached to an aromatic ring is 1. The lowest BCUT2D eigenvalue weighted by Crippen LogP contribution is -2.50. The topological polar surface area (TPSA) is 139 Å². The molecule has 1 saturated carbocycles. The number of nitrogens with two attached hydrogens (primary N) is 2. The van der Waals surface area contributed by atoms with Gasteiger partial charge in [-0.1, -0.05) is 18.2 Å². The molecule has 2 saturated heterocycles. The number of ether oxygens (including phenoxy) is 2. The summed E-state index contributed by atoms with van der Waals surface area (Å²) in [5.74, 6) is -5.02. The zero-order valence-corrected chi connectivity index (χ0v) is 14.5. The maximum absolute atomic E-state index is 11.1. The van der Waals surface area contributed by atoms with Crippen molar-refractivity contribution in [2.75, 3.05) is 5.73 Å². The van der Waals surface area contributed by atoms with Crippen molar-refractivity contribution in [2.45, 2.75) is 11.8 Å². The second-order valence-electron chi connectivity index (χ2n) is 7.55. The molecule has 0 spiro atoms. The highest BCUT2D eigenvalue weighted by Crippen LogP contribution is 2.55. The number of anilines is 1. The third-order valence-corrected chi connectivity index (χ3v) is 6.12. The molecule has 2 heterocycles. The van der Waals surface area contributed by atoms with E-state index in [0.29, 0.717) is 11.8 Å². The fourth-order valence-corrected chi connectivity index (χ4v) is 4.76. The van der Waals surface area contributed by atoms with Gasteiger partial charge in [-0.15, -0.1) is 0 Å².